The van der Waals surface area contributed by atoms with E-state index in [2.05, 4.69) is 36.2 Å². The highest BCUT2D eigenvalue weighted by atomic mass is 16.5. The molecule has 0 unspecified atom stereocenters. The highest BCUT2D eigenvalue weighted by molar-refractivity contribution is 6.02. The molecule has 0 N–H and O–H groups in total. The number of nitrogens with zero attached hydrogens (tertiary/aromatic N) is 2. The summed E-state index contributed by atoms with van der Waals surface area (Å²) in [6.45, 7) is 3.37. The molecule has 4 aromatic rings. The second kappa shape index (κ2) is 11.7. The number of benzene rings is 4. The van der Waals surface area contributed by atoms with E-state index in [1.165, 1.54) is 0 Å². The Morgan fingerprint density at radius 2 is 1.68 bits per heavy atom. The van der Waals surface area contributed by atoms with Crippen LogP contribution in [0.2, 0.25) is 0 Å². The molecule has 0 amide bonds. The van der Waals surface area contributed by atoms with Gasteiger partial charge >= 0.3 is 0 Å². The van der Waals surface area contributed by atoms with Crippen molar-refractivity contribution in [2.24, 2.45) is 5.10 Å². The van der Waals surface area contributed by atoms with E-state index in [9.17, 15) is 0 Å². The maximum absolute atomic E-state index is 6.56. The van der Waals surface area contributed by atoms with Gasteiger partial charge in [0.25, 0.3) is 0 Å². The number of hydrazone groups is 1. The molecular weight excluding hydrogens is 500 g/mol. The van der Waals surface area contributed by atoms with Crippen molar-refractivity contribution in [3.8, 4) is 23.0 Å². The Morgan fingerprint density at radius 1 is 0.875 bits per heavy atom. The van der Waals surface area contributed by atoms with Crippen LogP contribution in [0.4, 0.5) is 0 Å². The van der Waals surface area contributed by atoms with Crippen LogP contribution in [0.1, 0.15) is 60.7 Å². The molecule has 6 nitrogen and oxygen atoms in total. The maximum Gasteiger partial charge on any atom is 0.214 e. The predicted octanol–water partition coefficient (Wildman–Crippen LogP) is 7.70. The van der Waals surface area contributed by atoms with Crippen molar-refractivity contribution < 1.29 is 18.9 Å². The lowest BCUT2D eigenvalue weighted by Gasteiger charge is -2.38. The lowest BCUT2D eigenvalue weighted by Crippen LogP contribution is -2.33. The molecule has 2 aliphatic rings. The molecule has 0 radical (unpaired) electrons. The van der Waals surface area contributed by atoms with Gasteiger partial charge in [-0.05, 0) is 66.1 Å². The number of rotatable bonds is 10. The van der Waals surface area contributed by atoms with Crippen molar-refractivity contribution >= 4 is 5.71 Å². The molecule has 2 heterocycles. The molecule has 0 spiro atoms. The van der Waals surface area contributed by atoms with Gasteiger partial charge in [0, 0.05) is 17.5 Å². The first-order valence-electron chi connectivity index (χ1n) is 13.9. The molecule has 4 aromatic carbocycles. The first kappa shape index (κ1) is 25.8. The SMILES string of the molecule is CCCCOc1ccc(C2=NN3[C@@H](c4ccc(OCc5ccccc5)c(OC)c4)Oc4ccccc4[C@@H]3C2)cc1. The number of hydrogen-bond donors (Lipinski definition) is 0. The lowest BCUT2D eigenvalue weighted by molar-refractivity contribution is -0.0191. The minimum absolute atomic E-state index is 0.0745. The Hall–Kier alpha value is -4.45. The highest BCUT2D eigenvalue weighted by Gasteiger charge is 2.41. The monoisotopic (exact) mass is 534 g/mol. The highest BCUT2D eigenvalue weighted by Crippen LogP contribution is 2.48. The van der Waals surface area contributed by atoms with Gasteiger partial charge < -0.3 is 18.9 Å². The van der Waals surface area contributed by atoms with Crippen LogP contribution in [0, 0.1) is 0 Å². The Morgan fingerprint density at radius 3 is 2.48 bits per heavy atom. The summed E-state index contributed by atoms with van der Waals surface area (Å²) in [4.78, 5) is 0. The number of fused-ring (bicyclic) bond motifs is 3. The lowest BCUT2D eigenvalue weighted by atomic mass is 9.96. The first-order chi connectivity index (χ1) is 19.7. The van der Waals surface area contributed by atoms with Gasteiger partial charge in [0.05, 0.1) is 25.5 Å². The van der Waals surface area contributed by atoms with Crippen molar-refractivity contribution in [3.63, 3.8) is 0 Å². The largest absolute Gasteiger partial charge is 0.494 e. The van der Waals surface area contributed by atoms with E-state index in [0.29, 0.717) is 18.1 Å². The summed E-state index contributed by atoms with van der Waals surface area (Å²) in [6.07, 6.45) is 2.57. The Balaban J connectivity index is 1.27. The van der Waals surface area contributed by atoms with Crippen LogP contribution in [0.5, 0.6) is 23.0 Å². The van der Waals surface area contributed by atoms with Crippen LogP contribution in [0.25, 0.3) is 0 Å². The zero-order chi connectivity index (χ0) is 27.3. The Kier molecular flexibility index (Phi) is 7.58. The smallest absolute Gasteiger partial charge is 0.214 e. The van der Waals surface area contributed by atoms with Crippen LogP contribution in [-0.4, -0.2) is 24.4 Å². The minimum Gasteiger partial charge on any atom is -0.494 e. The standard InChI is InChI=1S/C34H34N2O4/c1-3-4-20-38-27-17-14-25(15-18-27)29-22-30-28-12-8-9-13-31(28)40-34(36(30)35-29)26-16-19-32(33(21-26)37-2)39-23-24-10-6-5-7-11-24/h5-19,21,30,34H,3-4,20,22-23H2,1-2H3/t30-,34+/m0/s1. The molecule has 40 heavy (non-hydrogen) atoms. The van der Waals surface area contributed by atoms with Crippen LogP contribution in [-0.2, 0) is 6.61 Å². The van der Waals surface area contributed by atoms with Crippen molar-refractivity contribution in [2.75, 3.05) is 13.7 Å². The summed E-state index contributed by atoms with van der Waals surface area (Å²) in [5, 5.41) is 7.19. The molecule has 2 aliphatic heterocycles. The molecule has 0 fully saturated rings. The molecule has 0 aliphatic carbocycles. The summed E-state index contributed by atoms with van der Waals surface area (Å²) < 4.78 is 24.3. The fourth-order valence-corrected chi connectivity index (χ4v) is 5.20. The van der Waals surface area contributed by atoms with Gasteiger partial charge in [-0.3, -0.25) is 0 Å². The Labute approximate surface area is 235 Å². The van der Waals surface area contributed by atoms with E-state index in [-0.39, 0.29) is 6.04 Å². The molecule has 0 saturated carbocycles. The second-order valence-electron chi connectivity index (χ2n) is 10.1. The summed E-state index contributed by atoms with van der Waals surface area (Å²) >= 11 is 0. The molecular formula is C34H34N2O4. The number of para-hydroxylation sites is 1. The summed E-state index contributed by atoms with van der Waals surface area (Å²) in [6, 6.07) is 32.7. The molecule has 0 saturated heterocycles. The molecule has 204 valence electrons. The van der Waals surface area contributed by atoms with Crippen LogP contribution in [0.15, 0.2) is 102 Å². The van der Waals surface area contributed by atoms with E-state index in [1.54, 1.807) is 7.11 Å². The van der Waals surface area contributed by atoms with E-state index in [0.717, 1.165) is 65.3 Å². The maximum atomic E-state index is 6.56. The number of ether oxygens (including phenoxy) is 4. The van der Waals surface area contributed by atoms with Crippen molar-refractivity contribution in [3.05, 3.63) is 119 Å². The summed E-state index contributed by atoms with van der Waals surface area (Å²) in [5.41, 5.74) is 5.32. The quantitative estimate of drug-likeness (QED) is 0.195. The second-order valence-corrected chi connectivity index (χ2v) is 10.1. The first-order valence-corrected chi connectivity index (χ1v) is 13.9. The van der Waals surface area contributed by atoms with Crippen LogP contribution >= 0.6 is 0 Å². The van der Waals surface area contributed by atoms with Gasteiger partial charge in [-0.1, -0.05) is 61.9 Å². The average Bonchev–Trinajstić information content (AvgIpc) is 3.46. The third kappa shape index (κ3) is 5.34. The van der Waals surface area contributed by atoms with Crippen LogP contribution < -0.4 is 18.9 Å². The third-order valence-electron chi connectivity index (χ3n) is 7.36. The molecule has 0 aromatic heterocycles. The summed E-state index contributed by atoms with van der Waals surface area (Å²) in [5.74, 6) is 3.12. The van der Waals surface area contributed by atoms with Crippen molar-refractivity contribution in [1.82, 2.24) is 5.01 Å². The Bertz CT molecular complexity index is 1470. The fraction of sp³-hybridized carbons (Fsp3) is 0.265. The molecule has 6 rings (SSSR count). The van der Waals surface area contributed by atoms with Gasteiger partial charge in [0.2, 0.25) is 6.23 Å². The number of unbranched alkanes of at least 4 members (excludes halogenated alkanes) is 1. The third-order valence-corrected chi connectivity index (χ3v) is 7.36. The van der Waals surface area contributed by atoms with Gasteiger partial charge in [-0.25, -0.2) is 5.01 Å². The van der Waals surface area contributed by atoms with Crippen molar-refractivity contribution in [1.29, 1.82) is 0 Å². The summed E-state index contributed by atoms with van der Waals surface area (Å²) in [7, 11) is 1.66. The minimum atomic E-state index is -0.397. The van der Waals surface area contributed by atoms with E-state index < -0.39 is 6.23 Å². The molecule has 2 atom stereocenters. The van der Waals surface area contributed by atoms with E-state index in [4.69, 9.17) is 24.0 Å². The van der Waals surface area contributed by atoms with Gasteiger partial charge in [-0.15, -0.1) is 0 Å². The molecule has 0 bridgehead atoms. The van der Waals surface area contributed by atoms with Crippen molar-refractivity contribution in [2.45, 2.75) is 45.1 Å². The normalized spacial score (nSPS) is 17.4. The number of methoxy groups -OCH3 is 1. The van der Waals surface area contributed by atoms with Crippen LogP contribution in [0.3, 0.4) is 0 Å². The fourth-order valence-electron chi connectivity index (χ4n) is 5.20. The predicted molar refractivity (Wildman–Crippen MR) is 156 cm³/mol. The number of hydrogen-bond acceptors (Lipinski definition) is 6. The molecule has 6 heteroatoms. The van der Waals surface area contributed by atoms with Gasteiger partial charge in [0.15, 0.2) is 11.5 Å². The van der Waals surface area contributed by atoms with Gasteiger partial charge in [-0.2, -0.15) is 5.10 Å². The zero-order valence-corrected chi connectivity index (χ0v) is 23.0. The van der Waals surface area contributed by atoms with E-state index >= 15 is 0 Å². The average molecular weight is 535 g/mol. The van der Waals surface area contributed by atoms with E-state index in [1.807, 2.05) is 72.8 Å². The topological polar surface area (TPSA) is 52.5 Å². The zero-order valence-electron chi connectivity index (χ0n) is 23.0. The van der Waals surface area contributed by atoms with Gasteiger partial charge in [0.1, 0.15) is 18.1 Å².